The summed E-state index contributed by atoms with van der Waals surface area (Å²) in [6, 6.07) is 8.02. The number of H-pyrrole nitrogens is 1. The van der Waals surface area contributed by atoms with Gasteiger partial charge in [0.25, 0.3) is 0 Å². The van der Waals surface area contributed by atoms with E-state index in [4.69, 9.17) is 28.4 Å². The molecule has 0 spiro atoms. The Morgan fingerprint density at radius 1 is 0.854 bits per heavy atom. The Hall–Kier alpha value is -4.19. The van der Waals surface area contributed by atoms with Gasteiger partial charge in [0.1, 0.15) is 12.7 Å². The van der Waals surface area contributed by atoms with Gasteiger partial charge in [0, 0.05) is 45.4 Å². The summed E-state index contributed by atoms with van der Waals surface area (Å²) in [4.78, 5) is 47.7. The van der Waals surface area contributed by atoms with E-state index in [1.165, 1.54) is 12.5 Å². The van der Waals surface area contributed by atoms with E-state index >= 15 is 0 Å². The molecular weight excluding hydrogens is 536 g/mol. The fourth-order valence-corrected chi connectivity index (χ4v) is 4.40. The first-order valence-electron chi connectivity index (χ1n) is 13.1. The van der Waals surface area contributed by atoms with Crippen molar-refractivity contribution >= 4 is 30.0 Å². The Balaban J connectivity index is 1.96. The second-order valence-corrected chi connectivity index (χ2v) is 9.96. The Kier molecular flexibility index (Phi) is 10.6. The van der Waals surface area contributed by atoms with Crippen LogP contribution in [-0.4, -0.2) is 71.4 Å². The molecule has 1 aliphatic heterocycles. The average molecular weight is 573 g/mol. The zero-order valence-corrected chi connectivity index (χ0v) is 24.2. The van der Waals surface area contributed by atoms with Crippen LogP contribution >= 0.6 is 0 Å². The van der Waals surface area contributed by atoms with Crippen LogP contribution in [0.4, 0.5) is 0 Å². The summed E-state index contributed by atoms with van der Waals surface area (Å²) in [5.74, 6) is -2.62. The monoisotopic (exact) mass is 572 g/mol. The second kappa shape index (κ2) is 13.9. The van der Waals surface area contributed by atoms with E-state index in [1.54, 1.807) is 0 Å². The van der Waals surface area contributed by atoms with Crippen molar-refractivity contribution in [3.8, 4) is 5.88 Å². The molecule has 1 saturated heterocycles. The van der Waals surface area contributed by atoms with Crippen molar-refractivity contribution < 1.29 is 47.6 Å². The van der Waals surface area contributed by atoms with Crippen LogP contribution in [0.3, 0.4) is 0 Å². The van der Waals surface area contributed by atoms with E-state index in [0.717, 1.165) is 37.6 Å². The van der Waals surface area contributed by atoms with Crippen molar-refractivity contribution in [3.05, 3.63) is 52.2 Å². The van der Waals surface area contributed by atoms with Crippen LogP contribution in [0.1, 0.15) is 63.9 Å². The molecule has 2 aromatic rings. The highest BCUT2D eigenvalue weighted by Gasteiger charge is 2.53. The number of hydrogen-bond donors (Lipinski definition) is 1. The Labute approximate surface area is 238 Å². The van der Waals surface area contributed by atoms with Crippen molar-refractivity contribution in [2.75, 3.05) is 6.61 Å². The van der Waals surface area contributed by atoms with Crippen LogP contribution in [0.2, 0.25) is 0 Å². The molecule has 0 radical (unpaired) electrons. The van der Waals surface area contributed by atoms with Crippen molar-refractivity contribution in [1.82, 2.24) is 10.2 Å². The van der Waals surface area contributed by atoms with Crippen LogP contribution in [0.5, 0.6) is 5.88 Å². The summed E-state index contributed by atoms with van der Waals surface area (Å²) >= 11 is 0. The molecule has 12 heteroatoms. The lowest BCUT2D eigenvalue weighted by Crippen LogP contribution is -2.63. The molecule has 0 saturated carbocycles. The van der Waals surface area contributed by atoms with Gasteiger partial charge in [-0.15, -0.1) is 5.10 Å². The zero-order chi connectivity index (χ0) is 30.3. The Bertz CT molecular complexity index is 1280. The SMILES string of the molecule is CC(=O)OC[C@H]1OC(Oc2n[nH]c(C)c2Cc2ccc(C=C(C)C)cc2)[C@H](OC(C)=O)[C@@H](OC(C)=O)[C@@H]1OC(C)=O. The van der Waals surface area contributed by atoms with Gasteiger partial charge in [-0.1, -0.05) is 35.9 Å². The maximum atomic E-state index is 12.1. The molecule has 1 fully saturated rings. The maximum Gasteiger partial charge on any atom is 0.303 e. The molecule has 1 aromatic carbocycles. The number of nitrogens with zero attached hydrogens (tertiary/aromatic N) is 1. The number of aryl methyl sites for hydroxylation is 1. The van der Waals surface area contributed by atoms with Crippen molar-refractivity contribution in [3.63, 3.8) is 0 Å². The van der Waals surface area contributed by atoms with Crippen molar-refractivity contribution in [2.24, 2.45) is 0 Å². The standard InChI is InChI=1S/C29H36N2O10/c1-15(2)12-21-8-10-22(11-9-21)13-23-16(3)30-31-28(23)41-29-27(39-20(7)35)26(38-19(6)34)25(37-18(5)33)24(40-29)14-36-17(4)32/h8-12,24-27,29H,13-14H2,1-7H3,(H,30,31)/t24-,25-,26+,27-,29?/m1/s1. The van der Waals surface area contributed by atoms with E-state index in [2.05, 4.69) is 16.3 Å². The predicted octanol–water partition coefficient (Wildman–Crippen LogP) is 3.19. The molecule has 12 nitrogen and oxygen atoms in total. The van der Waals surface area contributed by atoms with E-state index in [0.29, 0.717) is 12.0 Å². The average Bonchev–Trinajstić information content (AvgIpc) is 3.20. The third kappa shape index (κ3) is 8.90. The number of allylic oxidation sites excluding steroid dienone is 1. The third-order valence-corrected chi connectivity index (χ3v) is 6.03. The minimum absolute atomic E-state index is 0.164. The highest BCUT2D eigenvalue weighted by Crippen LogP contribution is 2.32. The minimum Gasteiger partial charge on any atom is -0.463 e. The first-order valence-corrected chi connectivity index (χ1v) is 13.1. The van der Waals surface area contributed by atoms with Gasteiger partial charge >= 0.3 is 23.9 Å². The first kappa shape index (κ1) is 31.3. The van der Waals surface area contributed by atoms with Crippen LogP contribution in [0.15, 0.2) is 29.8 Å². The van der Waals surface area contributed by atoms with Gasteiger partial charge < -0.3 is 28.4 Å². The lowest BCUT2D eigenvalue weighted by atomic mass is 9.98. The van der Waals surface area contributed by atoms with E-state index in [9.17, 15) is 19.2 Å². The van der Waals surface area contributed by atoms with Crippen molar-refractivity contribution in [1.29, 1.82) is 0 Å². The molecule has 1 unspecified atom stereocenters. The molecular formula is C29H36N2O10. The summed E-state index contributed by atoms with van der Waals surface area (Å²) in [6.07, 6.45) is -3.95. The second-order valence-electron chi connectivity index (χ2n) is 9.96. The van der Waals surface area contributed by atoms with Gasteiger partial charge in [0.2, 0.25) is 18.3 Å². The van der Waals surface area contributed by atoms with Crippen molar-refractivity contribution in [2.45, 2.75) is 85.6 Å². The van der Waals surface area contributed by atoms with Gasteiger partial charge in [-0.2, -0.15) is 0 Å². The molecule has 1 aliphatic rings. The number of carbonyl (C=O) groups excluding carboxylic acids is 4. The highest BCUT2D eigenvalue weighted by atomic mass is 16.7. The molecule has 0 amide bonds. The fourth-order valence-electron chi connectivity index (χ4n) is 4.40. The molecule has 1 aromatic heterocycles. The highest BCUT2D eigenvalue weighted by molar-refractivity contribution is 5.68. The van der Waals surface area contributed by atoms with E-state index in [1.807, 2.05) is 45.0 Å². The van der Waals surface area contributed by atoms with Gasteiger partial charge in [-0.3, -0.25) is 24.3 Å². The van der Waals surface area contributed by atoms with Gasteiger partial charge in [0.15, 0.2) is 12.2 Å². The lowest BCUT2D eigenvalue weighted by molar-refractivity contribution is -0.289. The molecule has 5 atom stereocenters. The Morgan fingerprint density at radius 3 is 2.00 bits per heavy atom. The topological polar surface area (TPSA) is 152 Å². The summed E-state index contributed by atoms with van der Waals surface area (Å²) < 4.78 is 33.6. The number of hydrogen-bond acceptors (Lipinski definition) is 11. The Morgan fingerprint density at radius 2 is 1.44 bits per heavy atom. The summed E-state index contributed by atoms with van der Waals surface area (Å²) in [7, 11) is 0. The summed E-state index contributed by atoms with van der Waals surface area (Å²) in [5, 5.41) is 7.17. The van der Waals surface area contributed by atoms with Crippen LogP contribution in [0.25, 0.3) is 6.08 Å². The summed E-state index contributed by atoms with van der Waals surface area (Å²) in [6.45, 7) is 10.2. The molecule has 0 bridgehead atoms. The van der Waals surface area contributed by atoms with Crippen LogP contribution in [0, 0.1) is 6.92 Å². The third-order valence-electron chi connectivity index (χ3n) is 6.03. The largest absolute Gasteiger partial charge is 0.463 e. The smallest absolute Gasteiger partial charge is 0.303 e. The molecule has 1 N–H and O–H groups in total. The van der Waals surface area contributed by atoms with Gasteiger partial charge in [-0.25, -0.2) is 0 Å². The lowest BCUT2D eigenvalue weighted by Gasteiger charge is -2.43. The maximum absolute atomic E-state index is 12.1. The molecule has 3 rings (SSSR count). The number of carbonyl (C=O) groups is 4. The quantitative estimate of drug-likeness (QED) is 0.330. The first-order chi connectivity index (χ1) is 19.3. The van der Waals surface area contributed by atoms with E-state index < -0.39 is 54.6 Å². The molecule has 0 aliphatic carbocycles. The number of aromatic amines is 1. The number of ether oxygens (including phenoxy) is 6. The molecule has 222 valence electrons. The number of rotatable bonds is 10. The molecule has 2 heterocycles. The number of nitrogens with one attached hydrogen (secondary N) is 1. The fraction of sp³-hybridized carbons (Fsp3) is 0.483. The number of benzene rings is 1. The van der Waals surface area contributed by atoms with Crippen LogP contribution in [-0.2, 0) is 49.3 Å². The normalized spacial score (nSPS) is 21.8. The van der Waals surface area contributed by atoms with Gasteiger partial charge in [0.05, 0.1) is 0 Å². The van der Waals surface area contributed by atoms with E-state index in [-0.39, 0.29) is 12.5 Å². The van der Waals surface area contributed by atoms with Crippen LogP contribution < -0.4 is 4.74 Å². The summed E-state index contributed by atoms with van der Waals surface area (Å²) in [5.41, 5.74) is 4.70. The zero-order valence-electron chi connectivity index (χ0n) is 24.2. The minimum atomic E-state index is -1.38. The number of esters is 4. The number of aromatic nitrogens is 2. The predicted molar refractivity (Wildman–Crippen MR) is 144 cm³/mol. The van der Waals surface area contributed by atoms with Gasteiger partial charge in [-0.05, 0) is 31.9 Å². The molecule has 41 heavy (non-hydrogen) atoms.